The molecule has 0 nitrogen and oxygen atoms in total. The zero-order valence-electron chi connectivity index (χ0n) is 19.3. The predicted molar refractivity (Wildman–Crippen MR) is 121 cm³/mol. The molecule has 1 aromatic rings. The third kappa shape index (κ3) is 2.78. The second-order valence-electron chi connectivity index (χ2n) is 10.9. The third-order valence-electron chi connectivity index (χ3n) is 7.12. The highest BCUT2D eigenvalue weighted by Gasteiger charge is 2.64. The molecule has 1 aliphatic carbocycles. The van der Waals surface area contributed by atoms with Gasteiger partial charge >= 0.3 is 0 Å². The third-order valence-corrected chi connectivity index (χ3v) is 14.9. The van der Waals surface area contributed by atoms with Crippen molar-refractivity contribution in [1.82, 2.24) is 0 Å². The van der Waals surface area contributed by atoms with Gasteiger partial charge in [-0.05, 0) is 50.3 Å². The number of hydrogen-bond donors (Lipinski definition) is 0. The maximum Gasteiger partial charge on any atom is 0.111 e. The molecule has 0 N–H and O–H groups in total. The Morgan fingerprint density at radius 3 is 1.46 bits per heavy atom. The number of aryl methyl sites for hydroxylation is 2. The van der Waals surface area contributed by atoms with E-state index in [1.165, 1.54) is 22.3 Å². The van der Waals surface area contributed by atoms with E-state index in [4.69, 9.17) is 0 Å². The zero-order valence-corrected chi connectivity index (χ0v) is 20.3. The van der Waals surface area contributed by atoms with Gasteiger partial charge in [-0.25, -0.2) is 0 Å². The lowest BCUT2D eigenvalue weighted by molar-refractivity contribution is 0.579. The van der Waals surface area contributed by atoms with Crippen molar-refractivity contribution in [2.45, 2.75) is 98.2 Å². The molecule has 2 rings (SSSR count). The van der Waals surface area contributed by atoms with Gasteiger partial charge in [0.05, 0.1) is 0 Å². The molecule has 1 heteroatoms. The fraction of sp³-hybridized carbons (Fsp3) is 0.600. The Morgan fingerprint density at radius 2 is 1.15 bits per heavy atom. The quantitative estimate of drug-likeness (QED) is 0.471. The second kappa shape index (κ2) is 6.23. The predicted octanol–water partition coefficient (Wildman–Crippen LogP) is 7.62. The van der Waals surface area contributed by atoms with Crippen LogP contribution < -0.4 is 5.19 Å². The van der Waals surface area contributed by atoms with Crippen LogP contribution in [0.2, 0.25) is 15.1 Å². The van der Waals surface area contributed by atoms with Crippen LogP contribution in [0.5, 0.6) is 0 Å². The highest BCUT2D eigenvalue weighted by atomic mass is 28.3. The van der Waals surface area contributed by atoms with Gasteiger partial charge in [0.2, 0.25) is 0 Å². The molecule has 0 bridgehead atoms. The van der Waals surface area contributed by atoms with Crippen LogP contribution in [0.25, 0.3) is 0 Å². The first kappa shape index (κ1) is 21.2. The molecular weight excluding hydrogens is 328 g/mol. The molecule has 0 amide bonds. The van der Waals surface area contributed by atoms with E-state index in [0.717, 1.165) is 0 Å². The zero-order chi connectivity index (χ0) is 20.3. The van der Waals surface area contributed by atoms with Crippen LogP contribution >= 0.6 is 0 Å². The van der Waals surface area contributed by atoms with Gasteiger partial charge in [0, 0.05) is 5.04 Å². The van der Waals surface area contributed by atoms with E-state index in [1.54, 1.807) is 10.8 Å². The van der Waals surface area contributed by atoms with Crippen LogP contribution in [0, 0.1) is 13.8 Å². The van der Waals surface area contributed by atoms with Gasteiger partial charge in [0.15, 0.2) is 0 Å². The van der Waals surface area contributed by atoms with Crippen LogP contribution in [0.1, 0.15) is 80.4 Å². The summed E-state index contributed by atoms with van der Waals surface area (Å²) >= 11 is 0. The largest absolute Gasteiger partial charge is 0.111 e. The molecule has 0 radical (unpaired) electrons. The van der Waals surface area contributed by atoms with Gasteiger partial charge in [0.1, 0.15) is 8.07 Å². The van der Waals surface area contributed by atoms with Crippen LogP contribution in [-0.2, 0) is 0 Å². The molecule has 144 valence electrons. The molecule has 1 atom stereocenters. The summed E-state index contributed by atoms with van der Waals surface area (Å²) < 4.78 is 0. The molecule has 26 heavy (non-hydrogen) atoms. The Morgan fingerprint density at radius 1 is 0.731 bits per heavy atom. The van der Waals surface area contributed by atoms with Crippen LogP contribution in [0.4, 0.5) is 0 Å². The molecule has 0 aliphatic heterocycles. The van der Waals surface area contributed by atoms with E-state index in [9.17, 15) is 0 Å². The maximum absolute atomic E-state index is 2.62. The average Bonchev–Trinajstić information content (AvgIpc) is 2.59. The fourth-order valence-corrected chi connectivity index (χ4v) is 16.5. The summed E-state index contributed by atoms with van der Waals surface area (Å²) in [5.74, 6) is 0. The van der Waals surface area contributed by atoms with E-state index in [1.807, 2.05) is 0 Å². The van der Waals surface area contributed by atoms with E-state index in [-0.39, 0.29) is 15.1 Å². The lowest BCUT2D eigenvalue weighted by Gasteiger charge is -2.61. The Hall–Kier alpha value is -1.08. The first-order chi connectivity index (χ1) is 11.6. The summed E-state index contributed by atoms with van der Waals surface area (Å²) in [5, 5.41) is 2.19. The highest BCUT2D eigenvalue weighted by Crippen LogP contribution is 2.67. The van der Waals surface area contributed by atoms with E-state index in [0.29, 0.717) is 0 Å². The molecule has 0 saturated carbocycles. The fourth-order valence-electron chi connectivity index (χ4n) is 6.76. The summed E-state index contributed by atoms with van der Waals surface area (Å²) in [5.41, 5.74) is 7.35. The Bertz CT molecular complexity index is 743. The van der Waals surface area contributed by atoms with E-state index in [2.05, 4.69) is 107 Å². The van der Waals surface area contributed by atoms with E-state index < -0.39 is 8.07 Å². The van der Waals surface area contributed by atoms with Crippen LogP contribution in [0.3, 0.4) is 0 Å². The molecule has 0 heterocycles. The molecular formula is C25H40Si. The molecule has 0 fully saturated rings. The van der Waals surface area contributed by atoms with Gasteiger partial charge < -0.3 is 0 Å². The second-order valence-corrected chi connectivity index (χ2v) is 17.0. The summed E-state index contributed by atoms with van der Waals surface area (Å²) in [6.07, 6.45) is 2.62. The highest BCUT2D eigenvalue weighted by molar-refractivity contribution is 6.99. The minimum absolute atomic E-state index is 0.123. The van der Waals surface area contributed by atoms with Crippen molar-refractivity contribution < 1.29 is 0 Å². The van der Waals surface area contributed by atoms with E-state index >= 15 is 0 Å². The maximum atomic E-state index is 2.62. The molecule has 1 unspecified atom stereocenters. The number of benzene rings is 1. The van der Waals surface area contributed by atoms with Gasteiger partial charge in [-0.3, -0.25) is 0 Å². The van der Waals surface area contributed by atoms with Gasteiger partial charge in [0.25, 0.3) is 0 Å². The van der Waals surface area contributed by atoms with Crippen LogP contribution in [0.15, 0.2) is 41.0 Å². The average molecular weight is 369 g/mol. The summed E-state index contributed by atoms with van der Waals surface area (Å²) in [7, 11) is -2.11. The van der Waals surface area contributed by atoms with Gasteiger partial charge in [-0.1, -0.05) is 100 Å². The minimum Gasteiger partial charge on any atom is -0.0736 e. The van der Waals surface area contributed by atoms with Crippen LogP contribution in [-0.4, -0.2) is 8.07 Å². The SMILES string of the molecule is CC1=CC(C)([Si](c2cc(C)cc(C)c2)(C(C)(C)C)C(C)(C)C)C(C)=C1C. The normalized spacial score (nSPS) is 22.1. The Kier molecular flexibility index (Phi) is 5.08. The van der Waals surface area contributed by atoms with Crippen molar-refractivity contribution in [3.63, 3.8) is 0 Å². The Balaban J connectivity index is 3.07. The van der Waals surface area contributed by atoms with Crippen molar-refractivity contribution >= 4 is 13.3 Å². The van der Waals surface area contributed by atoms with Gasteiger partial charge in [-0.15, -0.1) is 0 Å². The standard InChI is InChI=1S/C25H40Si/c1-17-13-18(2)15-22(14-17)26(23(6,7)8,24(9,10)11)25(12)16-19(3)20(4)21(25)5/h13-16H,1-12H3. The van der Waals surface area contributed by atoms with Crippen molar-refractivity contribution in [2.75, 3.05) is 0 Å². The molecule has 1 aromatic carbocycles. The monoisotopic (exact) mass is 368 g/mol. The smallest absolute Gasteiger partial charge is 0.0736 e. The van der Waals surface area contributed by atoms with Gasteiger partial charge in [-0.2, -0.15) is 0 Å². The number of rotatable bonds is 2. The molecule has 0 spiro atoms. The lowest BCUT2D eigenvalue weighted by Crippen LogP contribution is -2.67. The first-order valence-corrected chi connectivity index (χ1v) is 12.1. The van der Waals surface area contributed by atoms with Crippen molar-refractivity contribution in [1.29, 1.82) is 0 Å². The summed E-state index contributed by atoms with van der Waals surface area (Å²) in [4.78, 5) is 0. The van der Waals surface area contributed by atoms with Crippen molar-refractivity contribution in [2.24, 2.45) is 0 Å². The molecule has 1 aliphatic rings. The first-order valence-electron chi connectivity index (χ1n) is 10.1. The number of allylic oxidation sites excluding steroid dienone is 4. The molecule has 0 saturated heterocycles. The molecule has 0 aromatic heterocycles. The minimum atomic E-state index is -2.11. The topological polar surface area (TPSA) is 0 Å². The number of hydrogen-bond acceptors (Lipinski definition) is 0. The van der Waals surface area contributed by atoms with Crippen molar-refractivity contribution in [3.8, 4) is 0 Å². The lowest BCUT2D eigenvalue weighted by atomic mass is 10.0. The summed E-state index contributed by atoms with van der Waals surface area (Å²) in [6, 6.07) is 7.33. The van der Waals surface area contributed by atoms with Crippen molar-refractivity contribution in [3.05, 3.63) is 52.1 Å². The Labute approximate surface area is 163 Å². The summed E-state index contributed by atoms with van der Waals surface area (Å²) in [6.45, 7) is 29.1.